The maximum Gasteiger partial charge on any atom is 0.150 e. The molecule has 0 aliphatic rings. The van der Waals surface area contributed by atoms with Crippen LogP contribution in [0.1, 0.15) is 21.5 Å². The third-order valence-corrected chi connectivity index (χ3v) is 3.56. The van der Waals surface area contributed by atoms with Crippen molar-refractivity contribution in [2.24, 2.45) is 0 Å². The third-order valence-electron chi connectivity index (χ3n) is 2.97. The Morgan fingerprint density at radius 2 is 2.00 bits per heavy atom. The Bertz CT molecular complexity index is 668. The molecule has 2 aromatic carbocycles. The van der Waals surface area contributed by atoms with Crippen molar-refractivity contribution < 1.29 is 13.9 Å². The number of allylic oxidation sites excluding steroid dienone is 1. The Kier molecular flexibility index (Phi) is 5.28. The van der Waals surface area contributed by atoms with Gasteiger partial charge < -0.3 is 4.74 Å². The Labute approximate surface area is 131 Å². The van der Waals surface area contributed by atoms with Crippen molar-refractivity contribution in [3.8, 4) is 5.75 Å². The molecule has 0 amide bonds. The highest BCUT2D eigenvalue weighted by molar-refractivity contribution is 9.10. The number of hydrogen-bond donors (Lipinski definition) is 0. The topological polar surface area (TPSA) is 26.3 Å². The van der Waals surface area contributed by atoms with E-state index in [2.05, 4.69) is 22.5 Å². The summed E-state index contributed by atoms with van der Waals surface area (Å²) in [5, 5.41) is 0. The van der Waals surface area contributed by atoms with E-state index >= 15 is 0 Å². The first kappa shape index (κ1) is 15.4. The second-order valence-electron chi connectivity index (χ2n) is 4.48. The average Bonchev–Trinajstić information content (AvgIpc) is 2.48. The summed E-state index contributed by atoms with van der Waals surface area (Å²) in [7, 11) is 0. The van der Waals surface area contributed by atoms with E-state index in [1.165, 1.54) is 6.07 Å². The van der Waals surface area contributed by atoms with Gasteiger partial charge in [-0.05, 0) is 46.1 Å². The number of carbonyl (C=O) groups is 1. The molecule has 0 fully saturated rings. The molecule has 2 aromatic rings. The number of hydrogen-bond acceptors (Lipinski definition) is 2. The number of rotatable bonds is 6. The smallest absolute Gasteiger partial charge is 0.150 e. The monoisotopic (exact) mass is 348 g/mol. The second-order valence-corrected chi connectivity index (χ2v) is 5.34. The standard InChI is InChI=1S/C17H14BrFO2/c1-2-5-13-8-12(10-20)9-15(18)17(13)21-11-14-6-3-4-7-16(14)19/h2-4,6-10H,1,5,11H2. The lowest BCUT2D eigenvalue weighted by Crippen LogP contribution is -2.02. The molecule has 0 N–H and O–H groups in total. The van der Waals surface area contributed by atoms with Crippen LogP contribution in [0.2, 0.25) is 0 Å². The van der Waals surface area contributed by atoms with Crippen molar-refractivity contribution in [2.75, 3.05) is 0 Å². The van der Waals surface area contributed by atoms with E-state index < -0.39 is 0 Å². The molecule has 0 aliphatic carbocycles. The van der Waals surface area contributed by atoms with Gasteiger partial charge in [-0.2, -0.15) is 0 Å². The maximum atomic E-state index is 13.6. The zero-order chi connectivity index (χ0) is 15.2. The zero-order valence-electron chi connectivity index (χ0n) is 11.3. The molecule has 0 saturated carbocycles. The van der Waals surface area contributed by atoms with Gasteiger partial charge in [-0.25, -0.2) is 4.39 Å². The first-order valence-electron chi connectivity index (χ1n) is 6.40. The highest BCUT2D eigenvalue weighted by Gasteiger charge is 2.11. The summed E-state index contributed by atoms with van der Waals surface area (Å²) in [5.41, 5.74) is 1.86. The molecule has 0 bridgehead atoms. The van der Waals surface area contributed by atoms with E-state index in [0.29, 0.717) is 27.8 Å². The van der Waals surface area contributed by atoms with Crippen LogP contribution < -0.4 is 4.74 Å². The first-order valence-corrected chi connectivity index (χ1v) is 7.19. The molecule has 0 aliphatic heterocycles. The van der Waals surface area contributed by atoms with Gasteiger partial charge >= 0.3 is 0 Å². The van der Waals surface area contributed by atoms with Gasteiger partial charge in [-0.1, -0.05) is 24.3 Å². The van der Waals surface area contributed by atoms with Crippen LogP contribution in [0.4, 0.5) is 4.39 Å². The van der Waals surface area contributed by atoms with Crippen LogP contribution in [0.5, 0.6) is 5.75 Å². The van der Waals surface area contributed by atoms with Gasteiger partial charge in [0.15, 0.2) is 0 Å². The highest BCUT2D eigenvalue weighted by Crippen LogP contribution is 2.32. The van der Waals surface area contributed by atoms with Gasteiger partial charge in [0.1, 0.15) is 24.5 Å². The average molecular weight is 349 g/mol. The van der Waals surface area contributed by atoms with Gasteiger partial charge in [0.25, 0.3) is 0 Å². The molecule has 21 heavy (non-hydrogen) atoms. The van der Waals surface area contributed by atoms with Crippen molar-refractivity contribution in [1.29, 1.82) is 0 Å². The lowest BCUT2D eigenvalue weighted by Gasteiger charge is -2.14. The Balaban J connectivity index is 2.28. The van der Waals surface area contributed by atoms with Crippen LogP contribution in [0.3, 0.4) is 0 Å². The van der Waals surface area contributed by atoms with Crippen LogP contribution in [-0.4, -0.2) is 6.29 Å². The van der Waals surface area contributed by atoms with Crippen LogP contribution in [0.25, 0.3) is 0 Å². The minimum atomic E-state index is -0.302. The summed E-state index contributed by atoms with van der Waals surface area (Å²) in [6.07, 6.45) is 3.07. The van der Waals surface area contributed by atoms with Crippen LogP contribution in [0.15, 0.2) is 53.5 Å². The fraction of sp³-hybridized carbons (Fsp3) is 0.118. The van der Waals surface area contributed by atoms with Crippen LogP contribution in [0, 0.1) is 5.82 Å². The molecular formula is C17H14BrFO2. The summed E-state index contributed by atoms with van der Waals surface area (Å²) < 4.78 is 20.0. The fourth-order valence-electron chi connectivity index (χ4n) is 1.98. The molecule has 0 unspecified atom stereocenters. The summed E-state index contributed by atoms with van der Waals surface area (Å²) in [6.45, 7) is 3.82. The predicted molar refractivity (Wildman–Crippen MR) is 84.2 cm³/mol. The normalized spacial score (nSPS) is 10.2. The van der Waals surface area contributed by atoms with Gasteiger partial charge in [0.05, 0.1) is 4.47 Å². The fourth-order valence-corrected chi connectivity index (χ4v) is 2.61. The Morgan fingerprint density at radius 1 is 1.24 bits per heavy atom. The lowest BCUT2D eigenvalue weighted by molar-refractivity contribution is 0.112. The molecule has 2 rings (SSSR count). The largest absolute Gasteiger partial charge is 0.487 e. The van der Waals surface area contributed by atoms with Crippen molar-refractivity contribution in [3.05, 3.63) is 76.0 Å². The highest BCUT2D eigenvalue weighted by atomic mass is 79.9. The number of benzene rings is 2. The summed E-state index contributed by atoms with van der Waals surface area (Å²) in [5.74, 6) is 0.298. The van der Waals surface area contributed by atoms with E-state index in [9.17, 15) is 9.18 Å². The second kappa shape index (κ2) is 7.18. The minimum absolute atomic E-state index is 0.121. The first-order chi connectivity index (χ1) is 10.2. The number of halogens is 2. The van der Waals surface area contributed by atoms with E-state index in [1.807, 2.05) is 0 Å². The van der Waals surface area contributed by atoms with E-state index in [4.69, 9.17) is 4.74 Å². The molecular weight excluding hydrogens is 335 g/mol. The van der Waals surface area contributed by atoms with Crippen LogP contribution in [-0.2, 0) is 13.0 Å². The van der Waals surface area contributed by atoms with Crippen LogP contribution >= 0.6 is 15.9 Å². The van der Waals surface area contributed by atoms with Crippen molar-refractivity contribution in [3.63, 3.8) is 0 Å². The van der Waals surface area contributed by atoms with E-state index in [1.54, 1.807) is 36.4 Å². The molecule has 108 valence electrons. The Morgan fingerprint density at radius 3 is 2.67 bits per heavy atom. The van der Waals surface area contributed by atoms with Gasteiger partial charge in [-0.15, -0.1) is 6.58 Å². The van der Waals surface area contributed by atoms with E-state index in [0.717, 1.165) is 11.8 Å². The van der Waals surface area contributed by atoms with Gasteiger partial charge in [-0.3, -0.25) is 4.79 Å². The predicted octanol–water partition coefficient (Wildman–Crippen LogP) is 4.71. The molecule has 0 radical (unpaired) electrons. The number of aldehydes is 1. The summed E-state index contributed by atoms with van der Waals surface area (Å²) in [6, 6.07) is 9.89. The SMILES string of the molecule is C=CCc1cc(C=O)cc(Br)c1OCc1ccccc1F. The van der Waals surface area contributed by atoms with Gasteiger partial charge in [0.2, 0.25) is 0 Å². The molecule has 0 spiro atoms. The van der Waals surface area contributed by atoms with Crippen molar-refractivity contribution >= 4 is 22.2 Å². The molecule has 4 heteroatoms. The lowest BCUT2D eigenvalue weighted by atomic mass is 10.1. The maximum absolute atomic E-state index is 13.6. The molecule has 0 heterocycles. The molecule has 0 saturated heterocycles. The summed E-state index contributed by atoms with van der Waals surface area (Å²) in [4.78, 5) is 10.9. The minimum Gasteiger partial charge on any atom is -0.487 e. The Hall–Kier alpha value is -1.94. The molecule has 0 atom stereocenters. The third kappa shape index (κ3) is 3.79. The quantitative estimate of drug-likeness (QED) is 0.558. The molecule has 0 aromatic heterocycles. The number of carbonyl (C=O) groups excluding carboxylic acids is 1. The summed E-state index contributed by atoms with van der Waals surface area (Å²) >= 11 is 3.39. The number of ether oxygens (including phenoxy) is 1. The van der Waals surface area contributed by atoms with Gasteiger partial charge in [0, 0.05) is 11.1 Å². The van der Waals surface area contributed by atoms with Crippen molar-refractivity contribution in [1.82, 2.24) is 0 Å². The zero-order valence-corrected chi connectivity index (χ0v) is 12.9. The van der Waals surface area contributed by atoms with E-state index in [-0.39, 0.29) is 12.4 Å². The molecule has 2 nitrogen and oxygen atoms in total. The van der Waals surface area contributed by atoms with Crippen molar-refractivity contribution in [2.45, 2.75) is 13.0 Å².